The van der Waals surface area contributed by atoms with Gasteiger partial charge in [0.25, 0.3) is 5.91 Å². The summed E-state index contributed by atoms with van der Waals surface area (Å²) in [6.07, 6.45) is 4.11. The summed E-state index contributed by atoms with van der Waals surface area (Å²) < 4.78 is 14.9. The SMILES string of the molecule is CC(C(=O)O)N(C(=O)c1nn(-c2ccc(F)cc2)c2c1CCC2)C1CC1. The molecule has 0 bridgehead atoms. The first-order valence-corrected chi connectivity index (χ1v) is 8.89. The van der Waals surface area contributed by atoms with E-state index in [-0.39, 0.29) is 17.8 Å². The first kappa shape index (κ1) is 16.8. The van der Waals surface area contributed by atoms with Gasteiger partial charge in [-0.15, -0.1) is 0 Å². The molecule has 1 atom stereocenters. The van der Waals surface area contributed by atoms with Crippen LogP contribution in [0.4, 0.5) is 4.39 Å². The number of aromatic nitrogens is 2. The molecule has 1 heterocycles. The van der Waals surface area contributed by atoms with Crippen molar-refractivity contribution < 1.29 is 19.1 Å². The Morgan fingerprint density at radius 3 is 2.58 bits per heavy atom. The molecule has 4 rings (SSSR count). The third-order valence-electron chi connectivity index (χ3n) is 5.15. The molecule has 1 amide bonds. The Hall–Kier alpha value is -2.70. The van der Waals surface area contributed by atoms with Gasteiger partial charge in [0, 0.05) is 17.3 Å². The number of rotatable bonds is 5. The fourth-order valence-corrected chi connectivity index (χ4v) is 3.66. The van der Waals surface area contributed by atoms with E-state index in [0.717, 1.165) is 43.4 Å². The number of nitrogens with zero attached hydrogens (tertiary/aromatic N) is 3. The number of halogens is 1. The van der Waals surface area contributed by atoms with Crippen molar-refractivity contribution in [2.45, 2.75) is 51.1 Å². The molecule has 2 aliphatic carbocycles. The Labute approximate surface area is 150 Å². The maximum absolute atomic E-state index is 13.2. The largest absolute Gasteiger partial charge is 0.480 e. The van der Waals surface area contributed by atoms with Gasteiger partial charge in [-0.1, -0.05) is 0 Å². The molecule has 136 valence electrons. The number of carbonyl (C=O) groups excluding carboxylic acids is 1. The lowest BCUT2D eigenvalue weighted by atomic mass is 10.1. The molecule has 0 saturated heterocycles. The summed E-state index contributed by atoms with van der Waals surface area (Å²) >= 11 is 0. The summed E-state index contributed by atoms with van der Waals surface area (Å²) in [4.78, 5) is 26.1. The quantitative estimate of drug-likeness (QED) is 0.892. The summed E-state index contributed by atoms with van der Waals surface area (Å²) in [5.74, 6) is -1.66. The average molecular weight is 357 g/mol. The molecule has 1 aromatic carbocycles. The zero-order chi connectivity index (χ0) is 18.4. The Balaban J connectivity index is 1.75. The third-order valence-corrected chi connectivity index (χ3v) is 5.15. The second-order valence-corrected chi connectivity index (χ2v) is 6.97. The molecule has 1 N–H and O–H groups in total. The van der Waals surface area contributed by atoms with Crippen LogP contribution in [-0.4, -0.2) is 43.7 Å². The number of benzene rings is 1. The Bertz CT molecular complexity index is 871. The zero-order valence-corrected chi connectivity index (χ0v) is 14.5. The highest BCUT2D eigenvalue weighted by molar-refractivity contribution is 5.97. The lowest BCUT2D eigenvalue weighted by Gasteiger charge is -2.26. The van der Waals surface area contributed by atoms with E-state index in [4.69, 9.17) is 0 Å². The van der Waals surface area contributed by atoms with Crippen molar-refractivity contribution in [2.24, 2.45) is 0 Å². The van der Waals surface area contributed by atoms with E-state index in [9.17, 15) is 19.1 Å². The molecule has 0 aliphatic heterocycles. The highest BCUT2D eigenvalue weighted by Crippen LogP contribution is 2.33. The van der Waals surface area contributed by atoms with Gasteiger partial charge in [0.2, 0.25) is 0 Å². The lowest BCUT2D eigenvalue weighted by molar-refractivity contribution is -0.141. The van der Waals surface area contributed by atoms with E-state index in [1.165, 1.54) is 24.0 Å². The van der Waals surface area contributed by atoms with Crippen LogP contribution in [0.1, 0.15) is 47.9 Å². The Morgan fingerprint density at radius 2 is 1.96 bits per heavy atom. The van der Waals surface area contributed by atoms with Crippen molar-refractivity contribution in [3.05, 3.63) is 47.0 Å². The minimum Gasteiger partial charge on any atom is -0.480 e. The van der Waals surface area contributed by atoms with Gasteiger partial charge in [-0.05, 0) is 63.3 Å². The third kappa shape index (κ3) is 2.77. The number of carboxylic acid groups (broad SMARTS) is 1. The molecule has 0 radical (unpaired) electrons. The maximum Gasteiger partial charge on any atom is 0.326 e. The molecular weight excluding hydrogens is 337 g/mol. The summed E-state index contributed by atoms with van der Waals surface area (Å²) in [6, 6.07) is 5.08. The van der Waals surface area contributed by atoms with Gasteiger partial charge < -0.3 is 10.0 Å². The minimum absolute atomic E-state index is 0.0263. The molecule has 2 aliphatic rings. The monoisotopic (exact) mass is 357 g/mol. The first-order valence-electron chi connectivity index (χ1n) is 8.89. The van der Waals surface area contributed by atoms with Gasteiger partial charge in [0.15, 0.2) is 5.69 Å². The van der Waals surface area contributed by atoms with Gasteiger partial charge in [0.05, 0.1) is 5.69 Å². The fourth-order valence-electron chi connectivity index (χ4n) is 3.66. The van der Waals surface area contributed by atoms with E-state index < -0.39 is 12.0 Å². The van der Waals surface area contributed by atoms with Gasteiger partial charge >= 0.3 is 5.97 Å². The van der Waals surface area contributed by atoms with Crippen LogP contribution >= 0.6 is 0 Å². The second kappa shape index (κ2) is 6.23. The van der Waals surface area contributed by atoms with Crippen molar-refractivity contribution in [1.29, 1.82) is 0 Å². The maximum atomic E-state index is 13.2. The number of hydrogen-bond acceptors (Lipinski definition) is 3. The second-order valence-electron chi connectivity index (χ2n) is 6.97. The van der Waals surface area contributed by atoms with Gasteiger partial charge in [-0.3, -0.25) is 4.79 Å². The highest BCUT2D eigenvalue weighted by atomic mass is 19.1. The summed E-state index contributed by atoms with van der Waals surface area (Å²) in [5.41, 5.74) is 2.89. The van der Waals surface area contributed by atoms with Crippen LogP contribution in [0, 0.1) is 5.82 Å². The van der Waals surface area contributed by atoms with Crippen LogP contribution in [0.5, 0.6) is 0 Å². The molecule has 1 aromatic heterocycles. The van der Waals surface area contributed by atoms with E-state index in [1.54, 1.807) is 16.8 Å². The number of hydrogen-bond donors (Lipinski definition) is 1. The van der Waals surface area contributed by atoms with Crippen molar-refractivity contribution in [3.63, 3.8) is 0 Å². The van der Waals surface area contributed by atoms with Crippen LogP contribution in [0.25, 0.3) is 5.69 Å². The number of carbonyl (C=O) groups is 2. The van der Waals surface area contributed by atoms with Crippen LogP contribution in [0.15, 0.2) is 24.3 Å². The van der Waals surface area contributed by atoms with Crippen molar-refractivity contribution in [3.8, 4) is 5.69 Å². The normalized spacial score (nSPS) is 17.0. The predicted octanol–water partition coefficient (Wildman–Crippen LogP) is 2.58. The average Bonchev–Trinajstić information content (AvgIpc) is 3.20. The standard InChI is InChI=1S/C19H20FN3O3/c1-11(19(25)26)22(13-9-10-13)18(24)17-15-3-2-4-16(15)23(21-17)14-7-5-12(20)6-8-14/h5-8,11,13H,2-4,9-10H2,1H3,(H,25,26). The van der Waals surface area contributed by atoms with E-state index in [0.29, 0.717) is 11.4 Å². The summed E-state index contributed by atoms with van der Waals surface area (Å²) in [7, 11) is 0. The zero-order valence-electron chi connectivity index (χ0n) is 14.5. The van der Waals surface area contributed by atoms with Crippen LogP contribution in [0.2, 0.25) is 0 Å². The van der Waals surface area contributed by atoms with Gasteiger partial charge in [0.1, 0.15) is 11.9 Å². The Morgan fingerprint density at radius 1 is 1.27 bits per heavy atom. The van der Waals surface area contributed by atoms with E-state index in [2.05, 4.69) is 5.10 Å². The molecule has 0 spiro atoms. The highest BCUT2D eigenvalue weighted by Gasteiger charge is 2.41. The van der Waals surface area contributed by atoms with Crippen molar-refractivity contribution >= 4 is 11.9 Å². The number of carboxylic acids is 1. The number of amides is 1. The van der Waals surface area contributed by atoms with Crippen LogP contribution < -0.4 is 0 Å². The number of aliphatic carboxylic acids is 1. The van der Waals surface area contributed by atoms with E-state index >= 15 is 0 Å². The predicted molar refractivity (Wildman–Crippen MR) is 91.8 cm³/mol. The molecule has 6 nitrogen and oxygen atoms in total. The molecular formula is C19H20FN3O3. The van der Waals surface area contributed by atoms with Crippen LogP contribution in [-0.2, 0) is 17.6 Å². The van der Waals surface area contributed by atoms with Gasteiger partial charge in [-0.2, -0.15) is 5.10 Å². The number of fused-ring (bicyclic) bond motifs is 1. The molecule has 7 heteroatoms. The van der Waals surface area contributed by atoms with Crippen molar-refractivity contribution in [2.75, 3.05) is 0 Å². The van der Waals surface area contributed by atoms with E-state index in [1.807, 2.05) is 0 Å². The molecule has 2 aromatic rings. The molecule has 26 heavy (non-hydrogen) atoms. The molecule has 1 unspecified atom stereocenters. The van der Waals surface area contributed by atoms with Gasteiger partial charge in [-0.25, -0.2) is 13.9 Å². The topological polar surface area (TPSA) is 75.4 Å². The fraction of sp³-hybridized carbons (Fsp3) is 0.421. The van der Waals surface area contributed by atoms with Crippen LogP contribution in [0.3, 0.4) is 0 Å². The molecule has 1 fully saturated rings. The molecule has 1 saturated carbocycles. The van der Waals surface area contributed by atoms with Crippen molar-refractivity contribution in [1.82, 2.24) is 14.7 Å². The minimum atomic E-state index is -1.01. The smallest absolute Gasteiger partial charge is 0.326 e. The summed E-state index contributed by atoms with van der Waals surface area (Å²) in [6.45, 7) is 1.54. The lowest BCUT2D eigenvalue weighted by Crippen LogP contribution is -2.45. The Kier molecular flexibility index (Phi) is 4.01. The summed E-state index contributed by atoms with van der Waals surface area (Å²) in [5, 5.41) is 13.9. The first-order chi connectivity index (χ1) is 12.5.